The van der Waals surface area contributed by atoms with E-state index in [0.717, 1.165) is 25.7 Å². The van der Waals surface area contributed by atoms with Gasteiger partial charge in [0.05, 0.1) is 11.7 Å². The summed E-state index contributed by atoms with van der Waals surface area (Å²) < 4.78 is 0. The van der Waals surface area contributed by atoms with Gasteiger partial charge in [-0.05, 0) is 38.0 Å². The molecule has 0 aromatic heterocycles. The van der Waals surface area contributed by atoms with E-state index in [1.807, 2.05) is 12.2 Å². The summed E-state index contributed by atoms with van der Waals surface area (Å²) >= 11 is 0. The van der Waals surface area contributed by atoms with Gasteiger partial charge in [0.25, 0.3) is 0 Å². The predicted octanol–water partition coefficient (Wildman–Crippen LogP) is 2.72. The maximum absolute atomic E-state index is 10.7. The minimum Gasteiger partial charge on any atom is -0.550 e. The third-order valence-corrected chi connectivity index (χ3v) is 4.79. The average Bonchev–Trinajstić information content (AvgIpc) is 2.47. The summed E-state index contributed by atoms with van der Waals surface area (Å²) in [7, 11) is 0. The number of aliphatic carboxylic acids is 1. The van der Waals surface area contributed by atoms with Crippen molar-refractivity contribution in [2.45, 2.75) is 95.7 Å². The first-order valence-electron chi connectivity index (χ1n) is 9.24. The van der Waals surface area contributed by atoms with Crippen LogP contribution >= 0.6 is 0 Å². The first-order valence-corrected chi connectivity index (χ1v) is 9.24. The molecule has 0 aromatic carbocycles. The molecule has 1 unspecified atom stereocenters. The number of aliphatic hydroxyl groups excluding tert-OH is 1. The van der Waals surface area contributed by atoms with E-state index in [9.17, 15) is 20.1 Å². The summed E-state index contributed by atoms with van der Waals surface area (Å²) in [5.74, 6) is -1.05. The maximum Gasteiger partial charge on any atom is 0.0721 e. The molecule has 0 radical (unpaired) electrons. The number of hydrogen-bond donors (Lipinski definition) is 2. The van der Waals surface area contributed by atoms with Gasteiger partial charge in [0.1, 0.15) is 0 Å². The van der Waals surface area contributed by atoms with Crippen molar-refractivity contribution in [3.8, 4) is 0 Å². The van der Waals surface area contributed by atoms with Crippen molar-refractivity contribution in [3.05, 3.63) is 12.2 Å². The van der Waals surface area contributed by atoms with Crippen LogP contribution in [0.3, 0.4) is 0 Å². The monoisotopic (exact) mass is 325 g/mol. The van der Waals surface area contributed by atoms with Crippen LogP contribution in [0, 0.1) is 5.92 Å². The molecule has 134 valence electrons. The Morgan fingerprint density at radius 3 is 2.70 bits per heavy atom. The number of carbonyl (C=O) groups excluding carboxylic acids is 1. The molecule has 2 N–H and O–H groups in total. The Kier molecular flexibility index (Phi) is 9.49. The van der Waals surface area contributed by atoms with Gasteiger partial charge in [0.2, 0.25) is 0 Å². The van der Waals surface area contributed by atoms with Gasteiger partial charge in [0.15, 0.2) is 0 Å². The fourth-order valence-corrected chi connectivity index (χ4v) is 3.49. The van der Waals surface area contributed by atoms with Gasteiger partial charge in [-0.1, -0.05) is 57.6 Å². The number of unbranched alkanes of at least 4 members (excludes halogenated alkanes) is 5. The summed E-state index contributed by atoms with van der Waals surface area (Å²) in [5.41, 5.74) is -1.14. The van der Waals surface area contributed by atoms with Crippen molar-refractivity contribution < 1.29 is 20.1 Å². The molecule has 4 nitrogen and oxygen atoms in total. The standard InChI is InChI=1S/C19H34O4/c1-2-3-4-5-6-7-10-17(20)12-11-16-9-8-13-19(23,14-16)15-18(21)22/h11-12,16-17,20,23H,2-10,13-15H2,1H3,(H,21,22)/p-1/b12-11+/t16-,17?,19-/m1/s1. The van der Waals surface area contributed by atoms with Gasteiger partial charge in [-0.15, -0.1) is 0 Å². The molecule has 1 aliphatic carbocycles. The van der Waals surface area contributed by atoms with Crippen LogP contribution in [0.15, 0.2) is 12.2 Å². The largest absolute Gasteiger partial charge is 0.550 e. The van der Waals surface area contributed by atoms with Crippen molar-refractivity contribution in [3.63, 3.8) is 0 Å². The van der Waals surface area contributed by atoms with Gasteiger partial charge in [-0.2, -0.15) is 0 Å². The zero-order valence-electron chi connectivity index (χ0n) is 14.5. The van der Waals surface area contributed by atoms with Crippen LogP contribution in [0.25, 0.3) is 0 Å². The fourth-order valence-electron chi connectivity index (χ4n) is 3.49. The Balaban J connectivity index is 2.25. The Morgan fingerprint density at radius 2 is 2.00 bits per heavy atom. The molecule has 0 saturated heterocycles. The van der Waals surface area contributed by atoms with E-state index in [1.165, 1.54) is 32.1 Å². The average molecular weight is 325 g/mol. The highest BCUT2D eigenvalue weighted by Gasteiger charge is 2.33. The highest BCUT2D eigenvalue weighted by molar-refractivity contribution is 5.65. The number of carboxylic acids is 1. The quantitative estimate of drug-likeness (QED) is 0.452. The normalized spacial score (nSPS) is 26.5. The van der Waals surface area contributed by atoms with Gasteiger partial charge in [-0.3, -0.25) is 0 Å². The lowest BCUT2D eigenvalue weighted by atomic mass is 9.76. The zero-order chi connectivity index (χ0) is 17.1. The molecule has 0 aromatic rings. The van der Waals surface area contributed by atoms with Crippen molar-refractivity contribution in [2.24, 2.45) is 5.92 Å². The van der Waals surface area contributed by atoms with E-state index >= 15 is 0 Å². The Morgan fingerprint density at radius 1 is 1.30 bits per heavy atom. The van der Waals surface area contributed by atoms with Gasteiger partial charge >= 0.3 is 0 Å². The Bertz CT molecular complexity index is 366. The van der Waals surface area contributed by atoms with E-state index in [-0.39, 0.29) is 12.3 Å². The fraction of sp³-hybridized carbons (Fsp3) is 0.842. The topological polar surface area (TPSA) is 80.6 Å². The van der Waals surface area contributed by atoms with E-state index in [2.05, 4.69) is 6.92 Å². The van der Waals surface area contributed by atoms with Crippen LogP contribution in [0.1, 0.15) is 84.0 Å². The first-order chi connectivity index (χ1) is 10.9. The van der Waals surface area contributed by atoms with Gasteiger partial charge in [0, 0.05) is 12.4 Å². The third kappa shape index (κ3) is 9.11. The summed E-state index contributed by atoms with van der Waals surface area (Å²) in [4.78, 5) is 10.7. The lowest BCUT2D eigenvalue weighted by molar-refractivity contribution is -0.309. The smallest absolute Gasteiger partial charge is 0.0721 e. The maximum atomic E-state index is 10.7. The lowest BCUT2D eigenvalue weighted by Gasteiger charge is -2.36. The molecule has 1 saturated carbocycles. The minimum atomic E-state index is -1.19. The number of rotatable bonds is 11. The number of carboxylic acid groups (broad SMARTS) is 1. The van der Waals surface area contributed by atoms with Gasteiger partial charge < -0.3 is 20.1 Å². The summed E-state index contributed by atoms with van der Waals surface area (Å²) in [6.45, 7) is 2.20. The Labute approximate surface area is 140 Å². The van der Waals surface area contributed by atoms with E-state index < -0.39 is 17.7 Å². The molecule has 4 heteroatoms. The van der Waals surface area contributed by atoms with Gasteiger partial charge in [-0.25, -0.2) is 0 Å². The molecule has 0 aliphatic heterocycles. The second-order valence-corrected chi connectivity index (χ2v) is 7.14. The second-order valence-electron chi connectivity index (χ2n) is 7.14. The molecule has 3 atom stereocenters. The summed E-state index contributed by atoms with van der Waals surface area (Å²) in [6, 6.07) is 0. The third-order valence-electron chi connectivity index (χ3n) is 4.79. The van der Waals surface area contributed by atoms with Crippen LogP contribution in [0.4, 0.5) is 0 Å². The molecule has 1 rings (SSSR count). The van der Waals surface area contributed by atoms with Crippen LogP contribution in [0.5, 0.6) is 0 Å². The van der Waals surface area contributed by atoms with E-state index in [0.29, 0.717) is 12.8 Å². The van der Waals surface area contributed by atoms with Crippen LogP contribution in [-0.2, 0) is 4.79 Å². The number of aliphatic hydroxyl groups is 2. The molecule has 1 fully saturated rings. The predicted molar refractivity (Wildman–Crippen MR) is 89.7 cm³/mol. The number of carbonyl (C=O) groups is 1. The molecular formula is C19H33O4-. The highest BCUT2D eigenvalue weighted by atomic mass is 16.4. The van der Waals surface area contributed by atoms with Crippen molar-refractivity contribution >= 4 is 5.97 Å². The molecule has 0 amide bonds. The Hall–Kier alpha value is -0.870. The first kappa shape index (κ1) is 20.2. The molecule has 1 aliphatic rings. The van der Waals surface area contributed by atoms with Crippen molar-refractivity contribution in [1.29, 1.82) is 0 Å². The highest BCUT2D eigenvalue weighted by Crippen LogP contribution is 2.35. The number of allylic oxidation sites excluding steroid dienone is 1. The van der Waals surface area contributed by atoms with Crippen molar-refractivity contribution in [1.82, 2.24) is 0 Å². The van der Waals surface area contributed by atoms with E-state index in [1.54, 1.807) is 0 Å². The van der Waals surface area contributed by atoms with E-state index in [4.69, 9.17) is 0 Å². The van der Waals surface area contributed by atoms with Crippen molar-refractivity contribution in [2.75, 3.05) is 0 Å². The summed E-state index contributed by atoms with van der Waals surface area (Å²) in [5, 5.41) is 31.0. The van der Waals surface area contributed by atoms with Crippen LogP contribution in [-0.4, -0.2) is 27.9 Å². The number of hydrogen-bond acceptors (Lipinski definition) is 4. The molecule has 23 heavy (non-hydrogen) atoms. The summed E-state index contributed by atoms with van der Waals surface area (Å²) in [6.07, 6.45) is 13.8. The zero-order valence-corrected chi connectivity index (χ0v) is 14.5. The second kappa shape index (κ2) is 10.8. The van der Waals surface area contributed by atoms with Crippen LogP contribution < -0.4 is 5.11 Å². The molecule has 0 spiro atoms. The molecular weight excluding hydrogens is 292 g/mol. The lowest BCUT2D eigenvalue weighted by Crippen LogP contribution is -2.41. The SMILES string of the molecule is CCCCCCCCC(O)/C=C/[C@H]1CCC[C@](O)(CC(=O)[O-])C1. The molecule has 0 bridgehead atoms. The molecule has 0 heterocycles. The van der Waals surface area contributed by atoms with Crippen LogP contribution in [0.2, 0.25) is 0 Å². The minimum absolute atomic E-state index is 0.146.